The van der Waals surface area contributed by atoms with Gasteiger partial charge in [0, 0.05) is 46.2 Å². The van der Waals surface area contributed by atoms with Gasteiger partial charge in [0.25, 0.3) is 0 Å². The molecule has 0 atom stereocenters. The van der Waals surface area contributed by atoms with E-state index in [9.17, 15) is 8.42 Å². The summed E-state index contributed by atoms with van der Waals surface area (Å²) in [7, 11) is 1.51. The maximum absolute atomic E-state index is 12.2. The molecule has 0 saturated heterocycles. The lowest BCUT2D eigenvalue weighted by molar-refractivity contribution is 0.189. The lowest BCUT2D eigenvalue weighted by Gasteiger charge is -2.15. The number of rotatable bonds is 7. The second kappa shape index (κ2) is 6.56. The summed E-state index contributed by atoms with van der Waals surface area (Å²) in [6.45, 7) is 0.975. The van der Waals surface area contributed by atoms with Gasteiger partial charge in [0.05, 0.1) is 5.88 Å². The Hall–Kier alpha value is -0.560. The Morgan fingerprint density at radius 2 is 2.17 bits per heavy atom. The molecule has 0 aliphatic carbocycles. The molecule has 0 spiro atoms. The van der Waals surface area contributed by atoms with Crippen LogP contribution in [0.1, 0.15) is 12.1 Å². The SMILES string of the molecule is COCCCN(C)S(=O)(=O)c1cc(CCl)n(C)c1. The van der Waals surface area contributed by atoms with Gasteiger partial charge in [-0.05, 0) is 12.5 Å². The fourth-order valence-electron chi connectivity index (χ4n) is 1.58. The number of sulfonamides is 1. The van der Waals surface area contributed by atoms with Crippen LogP contribution in [-0.4, -0.2) is 44.6 Å². The van der Waals surface area contributed by atoms with Crippen LogP contribution in [-0.2, 0) is 27.7 Å². The fraction of sp³-hybridized carbons (Fsp3) is 0.636. The van der Waals surface area contributed by atoms with Crippen molar-refractivity contribution >= 4 is 21.6 Å². The smallest absolute Gasteiger partial charge is 0.244 e. The molecule has 0 aliphatic heterocycles. The summed E-state index contributed by atoms with van der Waals surface area (Å²) in [6.07, 6.45) is 2.25. The number of methoxy groups -OCH3 is 1. The third kappa shape index (κ3) is 3.47. The molecule has 0 aromatic carbocycles. The first kappa shape index (κ1) is 15.5. The predicted octanol–water partition coefficient (Wildman–Crippen LogP) is 1.42. The van der Waals surface area contributed by atoms with Gasteiger partial charge in [-0.3, -0.25) is 0 Å². The maximum Gasteiger partial charge on any atom is 0.244 e. The monoisotopic (exact) mass is 294 g/mol. The molecule has 0 aliphatic rings. The molecule has 7 heteroatoms. The molecule has 1 aromatic rings. The number of aryl methyl sites for hydroxylation is 1. The quantitative estimate of drug-likeness (QED) is 0.564. The lowest BCUT2D eigenvalue weighted by atomic mass is 10.5. The van der Waals surface area contributed by atoms with Gasteiger partial charge in [-0.15, -0.1) is 11.6 Å². The molecule has 1 rings (SSSR count). The van der Waals surface area contributed by atoms with Crippen LogP contribution >= 0.6 is 11.6 Å². The molecule has 5 nitrogen and oxygen atoms in total. The van der Waals surface area contributed by atoms with E-state index >= 15 is 0 Å². The summed E-state index contributed by atoms with van der Waals surface area (Å²) in [4.78, 5) is 0.278. The number of nitrogens with zero attached hydrogens (tertiary/aromatic N) is 2. The summed E-state index contributed by atoms with van der Waals surface area (Å²) >= 11 is 5.73. The van der Waals surface area contributed by atoms with E-state index in [2.05, 4.69) is 0 Å². The molecule has 0 amide bonds. The van der Waals surface area contributed by atoms with Gasteiger partial charge < -0.3 is 9.30 Å². The molecule has 0 unspecified atom stereocenters. The third-order valence-electron chi connectivity index (χ3n) is 2.75. The number of aromatic nitrogens is 1. The largest absolute Gasteiger partial charge is 0.385 e. The second-order valence-corrected chi connectivity index (χ2v) is 6.40. The summed E-state index contributed by atoms with van der Waals surface area (Å²) in [5, 5.41) is 0. The van der Waals surface area contributed by atoms with Gasteiger partial charge in [-0.2, -0.15) is 0 Å². The Kier molecular flexibility index (Phi) is 5.65. The van der Waals surface area contributed by atoms with Gasteiger partial charge >= 0.3 is 0 Å². The van der Waals surface area contributed by atoms with Crippen molar-refractivity contribution in [3.05, 3.63) is 18.0 Å². The van der Waals surface area contributed by atoms with E-state index in [1.165, 1.54) is 4.31 Å². The zero-order valence-electron chi connectivity index (χ0n) is 10.9. The summed E-state index contributed by atoms with van der Waals surface area (Å²) in [5.41, 5.74) is 0.778. The lowest BCUT2D eigenvalue weighted by Crippen LogP contribution is -2.28. The van der Waals surface area contributed by atoms with Crippen molar-refractivity contribution in [2.24, 2.45) is 7.05 Å². The third-order valence-corrected chi connectivity index (χ3v) is 4.85. The highest BCUT2D eigenvalue weighted by atomic mass is 35.5. The van der Waals surface area contributed by atoms with E-state index in [0.717, 1.165) is 5.69 Å². The highest BCUT2D eigenvalue weighted by molar-refractivity contribution is 7.89. The predicted molar refractivity (Wildman–Crippen MR) is 71.3 cm³/mol. The van der Waals surface area contributed by atoms with Gasteiger partial charge in [0.2, 0.25) is 10.0 Å². The van der Waals surface area contributed by atoms with Gasteiger partial charge in [0.15, 0.2) is 0 Å². The number of halogens is 1. The Morgan fingerprint density at radius 3 is 2.67 bits per heavy atom. The van der Waals surface area contributed by atoms with Crippen molar-refractivity contribution in [3.63, 3.8) is 0 Å². The highest BCUT2D eigenvalue weighted by Gasteiger charge is 2.22. The minimum absolute atomic E-state index is 0.278. The van der Waals surface area contributed by atoms with E-state index in [4.69, 9.17) is 16.3 Å². The second-order valence-electron chi connectivity index (χ2n) is 4.08. The molecule has 0 saturated carbocycles. The van der Waals surface area contributed by atoms with Crippen LogP contribution in [0.3, 0.4) is 0 Å². The molecular formula is C11H19ClN2O3S. The van der Waals surface area contributed by atoms with Crippen LogP contribution < -0.4 is 0 Å². The highest BCUT2D eigenvalue weighted by Crippen LogP contribution is 2.18. The van der Waals surface area contributed by atoms with Crippen LogP contribution in [0, 0.1) is 0 Å². The van der Waals surface area contributed by atoms with Crippen molar-refractivity contribution in [2.75, 3.05) is 27.3 Å². The van der Waals surface area contributed by atoms with E-state index in [1.54, 1.807) is 38.0 Å². The summed E-state index contributed by atoms with van der Waals surface area (Å²) in [6, 6.07) is 1.61. The first-order valence-corrected chi connectivity index (χ1v) is 7.57. The molecule has 0 radical (unpaired) electrons. The van der Waals surface area contributed by atoms with E-state index in [1.807, 2.05) is 0 Å². The van der Waals surface area contributed by atoms with Gasteiger partial charge in [0.1, 0.15) is 4.90 Å². The Morgan fingerprint density at radius 1 is 1.50 bits per heavy atom. The minimum atomic E-state index is -3.43. The average molecular weight is 295 g/mol. The van der Waals surface area contributed by atoms with E-state index < -0.39 is 10.0 Å². The molecule has 0 bridgehead atoms. The molecule has 1 aromatic heterocycles. The molecule has 104 valence electrons. The van der Waals surface area contributed by atoms with Crippen LogP contribution in [0.25, 0.3) is 0 Å². The fourth-order valence-corrected chi connectivity index (χ4v) is 3.15. The van der Waals surface area contributed by atoms with Crippen molar-refractivity contribution in [2.45, 2.75) is 17.2 Å². The molecule has 1 heterocycles. The van der Waals surface area contributed by atoms with Crippen LogP contribution in [0.5, 0.6) is 0 Å². The standard InChI is InChI=1S/C11H19ClN2O3S/c1-13-9-11(7-10(13)8-12)18(15,16)14(2)5-4-6-17-3/h7,9H,4-6,8H2,1-3H3. The first-order valence-electron chi connectivity index (χ1n) is 5.60. The van der Waals surface area contributed by atoms with Crippen molar-refractivity contribution < 1.29 is 13.2 Å². The number of alkyl halides is 1. The Bertz CT molecular complexity index is 484. The number of hydrogen-bond donors (Lipinski definition) is 0. The van der Waals surface area contributed by atoms with Gasteiger partial charge in [-0.1, -0.05) is 0 Å². The molecule has 0 fully saturated rings. The molecular weight excluding hydrogens is 276 g/mol. The summed E-state index contributed by atoms with van der Waals surface area (Å²) < 4.78 is 32.4. The zero-order chi connectivity index (χ0) is 13.8. The number of hydrogen-bond acceptors (Lipinski definition) is 3. The maximum atomic E-state index is 12.2. The van der Waals surface area contributed by atoms with Crippen LogP contribution in [0.2, 0.25) is 0 Å². The normalized spacial score (nSPS) is 12.3. The Balaban J connectivity index is 2.84. The van der Waals surface area contributed by atoms with Crippen LogP contribution in [0.15, 0.2) is 17.2 Å². The average Bonchev–Trinajstić information content (AvgIpc) is 2.71. The first-order chi connectivity index (χ1) is 8.43. The van der Waals surface area contributed by atoms with E-state index in [-0.39, 0.29) is 4.90 Å². The van der Waals surface area contributed by atoms with Crippen LogP contribution in [0.4, 0.5) is 0 Å². The number of ether oxygens (including phenoxy) is 1. The van der Waals surface area contributed by atoms with Crippen molar-refractivity contribution in [1.82, 2.24) is 8.87 Å². The topological polar surface area (TPSA) is 51.5 Å². The van der Waals surface area contributed by atoms with Crippen molar-refractivity contribution in [3.8, 4) is 0 Å². The zero-order valence-corrected chi connectivity index (χ0v) is 12.5. The molecule has 18 heavy (non-hydrogen) atoms. The minimum Gasteiger partial charge on any atom is -0.385 e. The van der Waals surface area contributed by atoms with Gasteiger partial charge in [-0.25, -0.2) is 12.7 Å². The van der Waals surface area contributed by atoms with Crippen molar-refractivity contribution in [1.29, 1.82) is 0 Å². The Labute approximate surface area is 113 Å². The van der Waals surface area contributed by atoms with E-state index in [0.29, 0.717) is 25.5 Å². The molecule has 0 N–H and O–H groups in total. The summed E-state index contributed by atoms with van der Waals surface area (Å²) in [5.74, 6) is 0.291.